The van der Waals surface area contributed by atoms with E-state index in [1.54, 1.807) is 48.5 Å². The number of nitriles is 1. The van der Waals surface area contributed by atoms with E-state index >= 15 is 0 Å². The molecule has 2 amide bonds. The van der Waals surface area contributed by atoms with E-state index < -0.39 is 17.8 Å². The van der Waals surface area contributed by atoms with Crippen LogP contribution in [0.1, 0.15) is 16.7 Å². The number of hydrogen-bond acceptors (Lipinski definition) is 3. The number of aryl methyl sites for hydroxylation is 1. The maximum atomic E-state index is 12.9. The third-order valence-corrected chi connectivity index (χ3v) is 3.97. The molecule has 0 unspecified atom stereocenters. The summed E-state index contributed by atoms with van der Waals surface area (Å²) in [4.78, 5) is 12.1. The first-order chi connectivity index (χ1) is 14.2. The molecule has 0 fully saturated rings. The van der Waals surface area contributed by atoms with Crippen molar-refractivity contribution in [1.29, 1.82) is 5.26 Å². The van der Waals surface area contributed by atoms with Gasteiger partial charge in [-0.2, -0.15) is 18.4 Å². The van der Waals surface area contributed by atoms with E-state index in [-0.39, 0.29) is 5.69 Å². The first-order valence-electron chi connectivity index (χ1n) is 8.78. The zero-order chi connectivity index (χ0) is 21.7. The van der Waals surface area contributed by atoms with Gasteiger partial charge in [-0.3, -0.25) is 0 Å². The van der Waals surface area contributed by atoms with Gasteiger partial charge in [-0.1, -0.05) is 6.07 Å². The van der Waals surface area contributed by atoms with Crippen molar-refractivity contribution < 1.29 is 22.7 Å². The van der Waals surface area contributed by atoms with Crippen LogP contribution in [0.2, 0.25) is 0 Å². The predicted octanol–water partition coefficient (Wildman–Crippen LogP) is 6.32. The van der Waals surface area contributed by atoms with E-state index in [1.807, 2.05) is 6.07 Å². The van der Waals surface area contributed by atoms with Crippen LogP contribution in [0.3, 0.4) is 0 Å². The van der Waals surface area contributed by atoms with Gasteiger partial charge in [0, 0.05) is 11.4 Å². The monoisotopic (exact) mass is 411 g/mol. The summed E-state index contributed by atoms with van der Waals surface area (Å²) in [5.41, 5.74) is 0.473. The normalized spacial score (nSPS) is 10.8. The molecule has 0 radical (unpaired) electrons. The highest BCUT2D eigenvalue weighted by atomic mass is 19.4. The first-order valence-corrected chi connectivity index (χ1v) is 8.78. The Morgan fingerprint density at radius 1 is 0.933 bits per heavy atom. The number of nitrogens with zero attached hydrogens (tertiary/aromatic N) is 1. The van der Waals surface area contributed by atoms with Crippen LogP contribution in [0.5, 0.6) is 11.5 Å². The van der Waals surface area contributed by atoms with Gasteiger partial charge < -0.3 is 15.4 Å². The van der Waals surface area contributed by atoms with Crippen molar-refractivity contribution in [3.63, 3.8) is 0 Å². The fourth-order valence-electron chi connectivity index (χ4n) is 2.68. The molecule has 30 heavy (non-hydrogen) atoms. The Balaban J connectivity index is 1.63. The van der Waals surface area contributed by atoms with Crippen molar-refractivity contribution in [1.82, 2.24) is 0 Å². The molecule has 0 heterocycles. The molecule has 3 aromatic carbocycles. The second-order valence-electron chi connectivity index (χ2n) is 6.43. The number of urea groups is 1. The Labute approximate surface area is 170 Å². The van der Waals surface area contributed by atoms with Crippen molar-refractivity contribution in [2.45, 2.75) is 13.1 Å². The Morgan fingerprint density at radius 3 is 2.30 bits per heavy atom. The number of amides is 2. The number of carbonyl (C=O) groups is 1. The van der Waals surface area contributed by atoms with Gasteiger partial charge in [0.05, 0.1) is 17.2 Å². The van der Waals surface area contributed by atoms with Crippen LogP contribution < -0.4 is 15.4 Å². The quantitative estimate of drug-likeness (QED) is 0.527. The number of hydrogen-bond donors (Lipinski definition) is 2. The number of benzene rings is 3. The lowest BCUT2D eigenvalue weighted by molar-refractivity contribution is -0.137. The van der Waals surface area contributed by atoms with Crippen molar-refractivity contribution in [3.8, 4) is 17.6 Å². The van der Waals surface area contributed by atoms with E-state index in [0.717, 1.165) is 12.1 Å². The first kappa shape index (κ1) is 20.7. The SMILES string of the molecule is Cc1cc(NC(=O)Nc2ccc(Oc3cccc(C#N)c3)cc2)cc(C(F)(F)F)c1. The van der Waals surface area contributed by atoms with Crippen molar-refractivity contribution in [3.05, 3.63) is 83.4 Å². The summed E-state index contributed by atoms with van der Waals surface area (Å²) in [6.45, 7) is 1.52. The minimum Gasteiger partial charge on any atom is -0.457 e. The Bertz CT molecular complexity index is 1100. The molecule has 0 saturated heterocycles. The summed E-state index contributed by atoms with van der Waals surface area (Å²) in [7, 11) is 0. The van der Waals surface area contributed by atoms with Crippen LogP contribution in [-0.4, -0.2) is 6.03 Å². The van der Waals surface area contributed by atoms with Crippen LogP contribution in [0.15, 0.2) is 66.7 Å². The molecular formula is C22H16F3N3O2. The van der Waals surface area contributed by atoms with Gasteiger partial charge in [0.1, 0.15) is 11.5 Å². The molecule has 0 atom stereocenters. The number of ether oxygens (including phenoxy) is 1. The second-order valence-corrected chi connectivity index (χ2v) is 6.43. The molecule has 2 N–H and O–H groups in total. The molecule has 0 bridgehead atoms. The van der Waals surface area contributed by atoms with Gasteiger partial charge in [-0.05, 0) is 73.2 Å². The molecule has 0 aromatic heterocycles. The summed E-state index contributed by atoms with van der Waals surface area (Å²) >= 11 is 0. The molecule has 3 aromatic rings. The lowest BCUT2D eigenvalue weighted by atomic mass is 10.1. The van der Waals surface area contributed by atoms with Gasteiger partial charge in [-0.15, -0.1) is 0 Å². The number of rotatable bonds is 4. The number of alkyl halides is 3. The number of carbonyl (C=O) groups excluding carboxylic acids is 1. The molecule has 5 nitrogen and oxygen atoms in total. The van der Waals surface area contributed by atoms with Crippen LogP contribution in [0.4, 0.5) is 29.3 Å². The maximum absolute atomic E-state index is 12.9. The Hall–Kier alpha value is -3.99. The fourth-order valence-corrected chi connectivity index (χ4v) is 2.68. The third kappa shape index (κ3) is 5.52. The molecule has 3 rings (SSSR count). The van der Waals surface area contributed by atoms with Gasteiger partial charge in [0.2, 0.25) is 0 Å². The van der Waals surface area contributed by atoms with Gasteiger partial charge in [0.25, 0.3) is 0 Å². The summed E-state index contributed by atoms with van der Waals surface area (Å²) in [6.07, 6.45) is -4.50. The summed E-state index contributed by atoms with van der Waals surface area (Å²) in [5, 5.41) is 13.9. The highest BCUT2D eigenvalue weighted by Gasteiger charge is 2.31. The minimum absolute atomic E-state index is 0.0390. The lowest BCUT2D eigenvalue weighted by Crippen LogP contribution is -2.20. The van der Waals surface area contributed by atoms with E-state index in [0.29, 0.717) is 28.3 Å². The predicted molar refractivity (Wildman–Crippen MR) is 106 cm³/mol. The maximum Gasteiger partial charge on any atom is 0.416 e. The minimum atomic E-state index is -4.50. The summed E-state index contributed by atoms with van der Waals surface area (Å²) < 4.78 is 44.4. The number of halogens is 3. The molecule has 152 valence electrons. The summed E-state index contributed by atoms with van der Waals surface area (Å²) in [6, 6.07) is 17.7. The van der Waals surface area contributed by atoms with Crippen LogP contribution in [0, 0.1) is 18.3 Å². The Morgan fingerprint density at radius 2 is 1.63 bits per heavy atom. The van der Waals surface area contributed by atoms with Gasteiger partial charge in [-0.25, -0.2) is 4.79 Å². The zero-order valence-electron chi connectivity index (χ0n) is 15.7. The number of anilines is 2. The average molecular weight is 411 g/mol. The molecule has 0 aliphatic carbocycles. The van der Waals surface area contributed by atoms with Crippen LogP contribution in [-0.2, 0) is 6.18 Å². The van der Waals surface area contributed by atoms with Crippen LogP contribution >= 0.6 is 0 Å². The topological polar surface area (TPSA) is 74.2 Å². The van der Waals surface area contributed by atoms with Gasteiger partial charge in [0.15, 0.2) is 0 Å². The van der Waals surface area contributed by atoms with Crippen LogP contribution in [0.25, 0.3) is 0 Å². The largest absolute Gasteiger partial charge is 0.457 e. The molecular weight excluding hydrogens is 395 g/mol. The van der Waals surface area contributed by atoms with Crippen molar-refractivity contribution in [2.24, 2.45) is 0 Å². The Kier molecular flexibility index (Phi) is 5.93. The lowest BCUT2D eigenvalue weighted by Gasteiger charge is -2.12. The highest BCUT2D eigenvalue weighted by molar-refractivity contribution is 5.99. The average Bonchev–Trinajstić information content (AvgIpc) is 2.68. The summed E-state index contributed by atoms with van der Waals surface area (Å²) in [5.74, 6) is 0.983. The molecule has 8 heteroatoms. The second kappa shape index (κ2) is 8.57. The molecule has 0 saturated carbocycles. The highest BCUT2D eigenvalue weighted by Crippen LogP contribution is 2.32. The smallest absolute Gasteiger partial charge is 0.416 e. The fraction of sp³-hybridized carbons (Fsp3) is 0.0909. The standard InChI is InChI=1S/C22H16F3N3O2/c1-14-9-16(22(23,24)25)12-18(10-14)28-21(29)27-17-5-7-19(8-6-17)30-20-4-2-3-15(11-20)13-26/h2-12H,1H3,(H2,27,28,29). The van der Waals surface area contributed by atoms with Crippen molar-refractivity contribution >= 4 is 17.4 Å². The van der Waals surface area contributed by atoms with Gasteiger partial charge >= 0.3 is 12.2 Å². The zero-order valence-corrected chi connectivity index (χ0v) is 15.7. The van der Waals surface area contributed by atoms with Crippen molar-refractivity contribution in [2.75, 3.05) is 10.6 Å². The van der Waals surface area contributed by atoms with E-state index in [1.165, 1.54) is 13.0 Å². The van der Waals surface area contributed by atoms with E-state index in [2.05, 4.69) is 10.6 Å². The third-order valence-electron chi connectivity index (χ3n) is 3.97. The number of nitrogens with one attached hydrogen (secondary N) is 2. The molecule has 0 spiro atoms. The molecule has 0 aliphatic rings. The van der Waals surface area contributed by atoms with E-state index in [9.17, 15) is 18.0 Å². The molecule has 0 aliphatic heterocycles. The van der Waals surface area contributed by atoms with E-state index in [4.69, 9.17) is 10.00 Å².